The molecular weight excluding hydrogens is 242 g/mol. The number of nitrogens with two attached hydrogens (primary N) is 1. The SMILES string of the molecule is Cc1ccc(C=Cc2ccnc(N)c2[N+](=O)[O-])cc1. The fourth-order valence-electron chi connectivity index (χ4n) is 1.68. The topological polar surface area (TPSA) is 82.0 Å². The summed E-state index contributed by atoms with van der Waals surface area (Å²) in [6.07, 6.45) is 4.93. The lowest BCUT2D eigenvalue weighted by Crippen LogP contribution is -2.00. The zero-order chi connectivity index (χ0) is 13.8. The smallest absolute Gasteiger partial charge is 0.318 e. The van der Waals surface area contributed by atoms with Crippen LogP contribution in [0.3, 0.4) is 0 Å². The Labute approximate surface area is 110 Å². The first-order valence-electron chi connectivity index (χ1n) is 5.71. The second-order valence-electron chi connectivity index (χ2n) is 4.14. The van der Waals surface area contributed by atoms with Gasteiger partial charge in [0.1, 0.15) is 0 Å². The van der Waals surface area contributed by atoms with Crippen LogP contribution in [-0.2, 0) is 0 Å². The van der Waals surface area contributed by atoms with Crippen LogP contribution in [0, 0.1) is 17.0 Å². The van der Waals surface area contributed by atoms with Crippen molar-refractivity contribution >= 4 is 23.7 Å². The van der Waals surface area contributed by atoms with E-state index in [0.29, 0.717) is 5.56 Å². The molecule has 0 saturated carbocycles. The number of aromatic nitrogens is 1. The predicted octanol–water partition coefficient (Wildman–Crippen LogP) is 3.05. The molecule has 1 heterocycles. The van der Waals surface area contributed by atoms with E-state index >= 15 is 0 Å². The lowest BCUT2D eigenvalue weighted by Gasteiger charge is -2.00. The van der Waals surface area contributed by atoms with E-state index in [-0.39, 0.29) is 11.5 Å². The van der Waals surface area contributed by atoms with Gasteiger partial charge in [-0.1, -0.05) is 35.9 Å². The zero-order valence-corrected chi connectivity index (χ0v) is 10.4. The Bertz CT molecular complexity index is 634. The first kappa shape index (κ1) is 12.8. The molecule has 0 amide bonds. The molecule has 0 unspecified atom stereocenters. The lowest BCUT2D eigenvalue weighted by molar-refractivity contribution is -0.384. The summed E-state index contributed by atoms with van der Waals surface area (Å²) >= 11 is 0. The van der Waals surface area contributed by atoms with Crippen LogP contribution in [0.15, 0.2) is 36.5 Å². The maximum atomic E-state index is 11.0. The number of anilines is 1. The molecule has 96 valence electrons. The first-order valence-corrected chi connectivity index (χ1v) is 5.71. The lowest BCUT2D eigenvalue weighted by atomic mass is 10.1. The molecule has 1 aromatic heterocycles. The van der Waals surface area contributed by atoms with Crippen molar-refractivity contribution in [1.29, 1.82) is 0 Å². The van der Waals surface area contributed by atoms with Crippen molar-refractivity contribution in [2.24, 2.45) is 0 Å². The monoisotopic (exact) mass is 255 g/mol. The number of nitrogens with zero attached hydrogens (tertiary/aromatic N) is 2. The van der Waals surface area contributed by atoms with Crippen molar-refractivity contribution < 1.29 is 4.92 Å². The third-order valence-electron chi connectivity index (χ3n) is 2.70. The number of rotatable bonds is 3. The second-order valence-corrected chi connectivity index (χ2v) is 4.14. The van der Waals surface area contributed by atoms with Crippen LogP contribution >= 0.6 is 0 Å². The Morgan fingerprint density at radius 2 is 1.89 bits per heavy atom. The van der Waals surface area contributed by atoms with E-state index in [1.165, 1.54) is 6.20 Å². The van der Waals surface area contributed by atoms with E-state index in [9.17, 15) is 10.1 Å². The van der Waals surface area contributed by atoms with Gasteiger partial charge in [0.25, 0.3) is 0 Å². The third-order valence-corrected chi connectivity index (χ3v) is 2.70. The Balaban J connectivity index is 2.36. The minimum Gasteiger partial charge on any atom is -0.378 e. The zero-order valence-electron chi connectivity index (χ0n) is 10.4. The highest BCUT2D eigenvalue weighted by atomic mass is 16.6. The highest BCUT2D eigenvalue weighted by Crippen LogP contribution is 2.25. The van der Waals surface area contributed by atoms with Gasteiger partial charge in [-0.05, 0) is 24.6 Å². The minimum absolute atomic E-state index is 0.0731. The standard InChI is InChI=1S/C14H13N3O2/c1-10-2-4-11(5-3-10)6-7-12-8-9-16-14(15)13(12)17(18)19/h2-9H,1H3,(H2,15,16). The van der Waals surface area contributed by atoms with Crippen LogP contribution in [0.4, 0.5) is 11.5 Å². The fraction of sp³-hybridized carbons (Fsp3) is 0.0714. The minimum atomic E-state index is -0.517. The van der Waals surface area contributed by atoms with Crippen molar-refractivity contribution in [3.05, 3.63) is 63.3 Å². The molecule has 0 radical (unpaired) electrons. The highest BCUT2D eigenvalue weighted by Gasteiger charge is 2.16. The van der Waals surface area contributed by atoms with Crippen LogP contribution in [-0.4, -0.2) is 9.91 Å². The van der Waals surface area contributed by atoms with Crippen molar-refractivity contribution in [1.82, 2.24) is 4.98 Å². The number of nitrogen functional groups attached to an aromatic ring is 1. The molecule has 5 nitrogen and oxygen atoms in total. The number of hydrogen-bond donors (Lipinski definition) is 1. The van der Waals surface area contributed by atoms with Gasteiger partial charge in [-0.15, -0.1) is 0 Å². The molecule has 0 atom stereocenters. The summed E-state index contributed by atoms with van der Waals surface area (Å²) in [4.78, 5) is 14.2. The summed E-state index contributed by atoms with van der Waals surface area (Å²) in [5.41, 5.74) is 7.94. The Hall–Kier alpha value is -2.69. The summed E-state index contributed by atoms with van der Waals surface area (Å²) in [7, 11) is 0. The normalized spacial score (nSPS) is 10.8. The average Bonchev–Trinajstić information content (AvgIpc) is 2.37. The van der Waals surface area contributed by atoms with Crippen molar-refractivity contribution in [2.45, 2.75) is 6.92 Å². The van der Waals surface area contributed by atoms with Crippen LogP contribution in [0.1, 0.15) is 16.7 Å². The van der Waals surface area contributed by atoms with Gasteiger partial charge in [0, 0.05) is 6.20 Å². The van der Waals surface area contributed by atoms with E-state index in [4.69, 9.17) is 5.73 Å². The fourth-order valence-corrected chi connectivity index (χ4v) is 1.68. The molecule has 2 aromatic rings. The molecule has 2 N–H and O–H groups in total. The Morgan fingerprint density at radius 1 is 1.21 bits per heavy atom. The molecule has 19 heavy (non-hydrogen) atoms. The number of hydrogen-bond acceptors (Lipinski definition) is 4. The Kier molecular flexibility index (Phi) is 3.56. The van der Waals surface area contributed by atoms with Gasteiger partial charge in [-0.3, -0.25) is 10.1 Å². The van der Waals surface area contributed by atoms with Crippen LogP contribution < -0.4 is 5.73 Å². The van der Waals surface area contributed by atoms with Crippen molar-refractivity contribution in [2.75, 3.05) is 5.73 Å². The predicted molar refractivity (Wildman–Crippen MR) is 75.4 cm³/mol. The number of benzene rings is 1. The summed E-state index contributed by atoms with van der Waals surface area (Å²) < 4.78 is 0. The molecule has 0 aliphatic heterocycles. The average molecular weight is 255 g/mol. The molecule has 0 aliphatic carbocycles. The number of nitro groups is 1. The van der Waals surface area contributed by atoms with E-state index < -0.39 is 4.92 Å². The van der Waals surface area contributed by atoms with Gasteiger partial charge in [0.15, 0.2) is 0 Å². The van der Waals surface area contributed by atoms with Crippen LogP contribution in [0.2, 0.25) is 0 Å². The molecule has 0 spiro atoms. The molecular formula is C14H13N3O2. The quantitative estimate of drug-likeness (QED) is 0.675. The van der Waals surface area contributed by atoms with Gasteiger partial charge in [0.2, 0.25) is 5.82 Å². The molecule has 0 aliphatic rings. The molecule has 5 heteroatoms. The maximum Gasteiger partial charge on any atom is 0.318 e. The number of pyridine rings is 1. The number of aryl methyl sites for hydroxylation is 1. The molecule has 0 fully saturated rings. The molecule has 0 saturated heterocycles. The first-order chi connectivity index (χ1) is 9.08. The van der Waals surface area contributed by atoms with Gasteiger partial charge in [-0.25, -0.2) is 4.98 Å². The van der Waals surface area contributed by atoms with Crippen LogP contribution in [0.5, 0.6) is 0 Å². The van der Waals surface area contributed by atoms with Crippen LogP contribution in [0.25, 0.3) is 12.2 Å². The van der Waals surface area contributed by atoms with Crippen molar-refractivity contribution in [3.63, 3.8) is 0 Å². The summed E-state index contributed by atoms with van der Waals surface area (Å²) in [5.74, 6) is -0.0731. The summed E-state index contributed by atoms with van der Waals surface area (Å²) in [5, 5.41) is 11.0. The summed E-state index contributed by atoms with van der Waals surface area (Å²) in [6.45, 7) is 2.00. The third kappa shape index (κ3) is 2.95. The Morgan fingerprint density at radius 3 is 2.53 bits per heavy atom. The highest BCUT2D eigenvalue weighted by molar-refractivity contribution is 5.77. The largest absolute Gasteiger partial charge is 0.378 e. The van der Waals surface area contributed by atoms with E-state index in [2.05, 4.69) is 4.98 Å². The van der Waals surface area contributed by atoms with Gasteiger partial charge in [-0.2, -0.15) is 0 Å². The molecule has 1 aromatic carbocycles. The van der Waals surface area contributed by atoms with E-state index in [1.54, 1.807) is 18.2 Å². The van der Waals surface area contributed by atoms with Gasteiger partial charge < -0.3 is 5.73 Å². The summed E-state index contributed by atoms with van der Waals surface area (Å²) in [6, 6.07) is 9.42. The van der Waals surface area contributed by atoms with E-state index in [0.717, 1.165) is 11.1 Å². The maximum absolute atomic E-state index is 11.0. The molecule has 2 rings (SSSR count). The van der Waals surface area contributed by atoms with Crippen molar-refractivity contribution in [3.8, 4) is 0 Å². The second kappa shape index (κ2) is 5.30. The van der Waals surface area contributed by atoms with E-state index in [1.807, 2.05) is 31.2 Å². The molecule has 0 bridgehead atoms. The van der Waals surface area contributed by atoms with Gasteiger partial charge >= 0.3 is 5.69 Å². The van der Waals surface area contributed by atoms with Gasteiger partial charge in [0.05, 0.1) is 10.5 Å².